The first-order chi connectivity index (χ1) is 9.22. The van der Waals surface area contributed by atoms with E-state index in [1.165, 1.54) is 0 Å². The van der Waals surface area contributed by atoms with Gasteiger partial charge in [0.25, 0.3) is 0 Å². The molecule has 2 aliphatic heterocycles. The van der Waals surface area contributed by atoms with Gasteiger partial charge in [0, 0.05) is 25.6 Å². The molecule has 0 radical (unpaired) electrons. The quantitative estimate of drug-likeness (QED) is 0.816. The van der Waals surface area contributed by atoms with Gasteiger partial charge in [-0.15, -0.1) is 12.4 Å². The number of nitrogens with one attached hydrogen (secondary N) is 2. The Bertz CT molecular complexity index is 332. The summed E-state index contributed by atoms with van der Waals surface area (Å²) < 4.78 is 0. The van der Waals surface area contributed by atoms with Crippen molar-refractivity contribution < 1.29 is 9.59 Å². The molecule has 2 saturated heterocycles. The fraction of sp³-hybridized carbons (Fsp3) is 0.857. The fourth-order valence-corrected chi connectivity index (χ4v) is 2.94. The van der Waals surface area contributed by atoms with E-state index in [9.17, 15) is 9.59 Å². The summed E-state index contributed by atoms with van der Waals surface area (Å²) in [4.78, 5) is 26.2. The standard InChI is InChI=1S/C14H25N3O2.ClH/c1-2-5-13(18)17-9-4-3-6-12(17)14(19)16-11-7-8-15-10-11;/h11-12,15H,2-10H2,1H3,(H,16,19);1H. The molecule has 2 heterocycles. The average molecular weight is 304 g/mol. The molecule has 20 heavy (non-hydrogen) atoms. The summed E-state index contributed by atoms with van der Waals surface area (Å²) in [5, 5.41) is 6.32. The summed E-state index contributed by atoms with van der Waals surface area (Å²) in [6.07, 6.45) is 5.24. The van der Waals surface area contributed by atoms with Crippen LogP contribution in [0.25, 0.3) is 0 Å². The zero-order chi connectivity index (χ0) is 13.7. The van der Waals surface area contributed by atoms with Crippen LogP contribution in [-0.2, 0) is 9.59 Å². The third-order valence-corrected chi connectivity index (χ3v) is 4.00. The SMILES string of the molecule is CCCC(=O)N1CCCCC1C(=O)NC1CCNC1.Cl. The monoisotopic (exact) mass is 303 g/mol. The molecule has 2 amide bonds. The zero-order valence-electron chi connectivity index (χ0n) is 12.2. The van der Waals surface area contributed by atoms with Crippen molar-refractivity contribution in [3.63, 3.8) is 0 Å². The van der Waals surface area contributed by atoms with E-state index in [2.05, 4.69) is 10.6 Å². The molecular formula is C14H26ClN3O2. The van der Waals surface area contributed by atoms with Crippen LogP contribution in [0.15, 0.2) is 0 Å². The minimum atomic E-state index is -0.242. The molecule has 2 fully saturated rings. The van der Waals surface area contributed by atoms with Gasteiger partial charge in [-0.1, -0.05) is 6.92 Å². The van der Waals surface area contributed by atoms with Gasteiger partial charge < -0.3 is 15.5 Å². The van der Waals surface area contributed by atoms with Crippen LogP contribution in [0.1, 0.15) is 45.4 Å². The van der Waals surface area contributed by atoms with Crippen LogP contribution in [0.4, 0.5) is 0 Å². The van der Waals surface area contributed by atoms with Crippen molar-refractivity contribution in [2.45, 2.75) is 57.5 Å². The van der Waals surface area contributed by atoms with Crippen LogP contribution in [-0.4, -0.2) is 48.4 Å². The van der Waals surface area contributed by atoms with E-state index >= 15 is 0 Å². The average Bonchev–Trinajstić information content (AvgIpc) is 2.92. The first-order valence-electron chi connectivity index (χ1n) is 7.53. The summed E-state index contributed by atoms with van der Waals surface area (Å²) in [6.45, 7) is 4.55. The molecule has 0 aromatic heterocycles. The highest BCUT2D eigenvalue weighted by Crippen LogP contribution is 2.19. The van der Waals surface area contributed by atoms with Gasteiger partial charge >= 0.3 is 0 Å². The van der Waals surface area contributed by atoms with E-state index in [1.54, 1.807) is 4.90 Å². The van der Waals surface area contributed by atoms with Crippen molar-refractivity contribution in [2.24, 2.45) is 0 Å². The van der Waals surface area contributed by atoms with Gasteiger partial charge in [0.1, 0.15) is 6.04 Å². The van der Waals surface area contributed by atoms with E-state index in [0.29, 0.717) is 6.42 Å². The normalized spacial score (nSPS) is 25.9. The second-order valence-electron chi connectivity index (χ2n) is 5.55. The van der Waals surface area contributed by atoms with E-state index < -0.39 is 0 Å². The van der Waals surface area contributed by atoms with Gasteiger partial charge in [-0.2, -0.15) is 0 Å². The van der Waals surface area contributed by atoms with Crippen molar-refractivity contribution >= 4 is 24.2 Å². The lowest BCUT2D eigenvalue weighted by atomic mass is 10.00. The van der Waals surface area contributed by atoms with Crippen LogP contribution in [0.3, 0.4) is 0 Å². The molecule has 116 valence electrons. The Hall–Kier alpha value is -0.810. The van der Waals surface area contributed by atoms with E-state index in [0.717, 1.165) is 51.7 Å². The van der Waals surface area contributed by atoms with Crippen LogP contribution in [0, 0.1) is 0 Å². The topological polar surface area (TPSA) is 61.4 Å². The van der Waals surface area contributed by atoms with Crippen molar-refractivity contribution in [3.8, 4) is 0 Å². The summed E-state index contributed by atoms with van der Waals surface area (Å²) >= 11 is 0. The number of halogens is 1. The molecule has 0 bridgehead atoms. The van der Waals surface area contributed by atoms with E-state index in [4.69, 9.17) is 0 Å². The Morgan fingerprint density at radius 2 is 2.10 bits per heavy atom. The van der Waals surface area contributed by atoms with Gasteiger partial charge in [0.15, 0.2) is 0 Å². The summed E-state index contributed by atoms with van der Waals surface area (Å²) in [5.74, 6) is 0.171. The van der Waals surface area contributed by atoms with Crippen molar-refractivity contribution in [3.05, 3.63) is 0 Å². The summed E-state index contributed by atoms with van der Waals surface area (Å²) in [7, 11) is 0. The number of carbonyl (C=O) groups excluding carboxylic acids is 2. The third kappa shape index (κ3) is 4.35. The summed E-state index contributed by atoms with van der Waals surface area (Å²) in [6, 6.07) is -0.00838. The number of amides is 2. The zero-order valence-corrected chi connectivity index (χ0v) is 13.0. The lowest BCUT2D eigenvalue weighted by Gasteiger charge is -2.35. The second-order valence-corrected chi connectivity index (χ2v) is 5.55. The number of hydrogen-bond donors (Lipinski definition) is 2. The van der Waals surface area contributed by atoms with Gasteiger partial charge in [-0.25, -0.2) is 0 Å². The number of rotatable bonds is 4. The highest BCUT2D eigenvalue weighted by atomic mass is 35.5. The molecule has 2 unspecified atom stereocenters. The molecule has 2 N–H and O–H groups in total. The number of piperidine rings is 1. The van der Waals surface area contributed by atoms with Crippen LogP contribution >= 0.6 is 12.4 Å². The summed E-state index contributed by atoms with van der Waals surface area (Å²) in [5.41, 5.74) is 0. The minimum absolute atomic E-state index is 0. The van der Waals surface area contributed by atoms with Gasteiger partial charge in [-0.05, 0) is 38.6 Å². The van der Waals surface area contributed by atoms with Crippen LogP contribution in [0.2, 0.25) is 0 Å². The van der Waals surface area contributed by atoms with Gasteiger partial charge in [0.2, 0.25) is 11.8 Å². The molecular weight excluding hydrogens is 278 g/mol. The van der Waals surface area contributed by atoms with Crippen molar-refractivity contribution in [1.29, 1.82) is 0 Å². The maximum Gasteiger partial charge on any atom is 0.243 e. The van der Waals surface area contributed by atoms with E-state index in [-0.39, 0.29) is 36.3 Å². The largest absolute Gasteiger partial charge is 0.350 e. The third-order valence-electron chi connectivity index (χ3n) is 4.00. The highest BCUT2D eigenvalue weighted by Gasteiger charge is 2.32. The maximum atomic E-state index is 12.3. The van der Waals surface area contributed by atoms with Crippen LogP contribution < -0.4 is 10.6 Å². The van der Waals surface area contributed by atoms with Crippen molar-refractivity contribution in [1.82, 2.24) is 15.5 Å². The lowest BCUT2D eigenvalue weighted by molar-refractivity contribution is -0.142. The van der Waals surface area contributed by atoms with Crippen molar-refractivity contribution in [2.75, 3.05) is 19.6 Å². The molecule has 0 spiro atoms. The molecule has 2 atom stereocenters. The Morgan fingerprint density at radius 1 is 1.30 bits per heavy atom. The molecule has 6 heteroatoms. The lowest BCUT2D eigenvalue weighted by Crippen LogP contribution is -2.54. The Balaban J connectivity index is 0.00000200. The predicted octanol–water partition coefficient (Wildman–Crippen LogP) is 1.07. The molecule has 2 rings (SSSR count). The Morgan fingerprint density at radius 3 is 2.75 bits per heavy atom. The maximum absolute atomic E-state index is 12.3. The predicted molar refractivity (Wildman–Crippen MR) is 80.9 cm³/mol. The number of hydrogen-bond acceptors (Lipinski definition) is 3. The Labute approximate surface area is 127 Å². The van der Waals surface area contributed by atoms with E-state index in [1.807, 2.05) is 6.92 Å². The molecule has 0 aliphatic carbocycles. The second kappa shape index (κ2) is 8.47. The molecule has 2 aliphatic rings. The van der Waals surface area contributed by atoms with Gasteiger partial charge in [0.05, 0.1) is 0 Å². The molecule has 0 aromatic rings. The fourth-order valence-electron chi connectivity index (χ4n) is 2.94. The number of nitrogens with zero attached hydrogens (tertiary/aromatic N) is 1. The number of likely N-dealkylation sites (tertiary alicyclic amines) is 1. The molecule has 5 nitrogen and oxygen atoms in total. The smallest absolute Gasteiger partial charge is 0.243 e. The molecule has 0 saturated carbocycles. The Kier molecular flexibility index (Phi) is 7.30. The van der Waals surface area contributed by atoms with Gasteiger partial charge in [-0.3, -0.25) is 9.59 Å². The first kappa shape index (κ1) is 17.2. The number of carbonyl (C=O) groups is 2. The minimum Gasteiger partial charge on any atom is -0.350 e. The van der Waals surface area contributed by atoms with Crippen LogP contribution in [0.5, 0.6) is 0 Å². The molecule has 0 aromatic carbocycles. The highest BCUT2D eigenvalue weighted by molar-refractivity contribution is 5.88. The first-order valence-corrected chi connectivity index (χ1v) is 7.53.